The summed E-state index contributed by atoms with van der Waals surface area (Å²) in [5, 5.41) is 17.7. The number of nitrogens with one attached hydrogen (secondary N) is 1. The highest BCUT2D eigenvalue weighted by Gasteiger charge is 2.20. The smallest absolute Gasteiger partial charge is 0.0789 e. The molecule has 3 nitrogen and oxygen atoms in total. The van der Waals surface area contributed by atoms with E-state index < -0.39 is 5.60 Å². The molecular formula is C6H15NO2. The molecule has 0 aliphatic heterocycles. The van der Waals surface area contributed by atoms with Crippen molar-refractivity contribution in [2.24, 2.45) is 0 Å². The normalized spacial score (nSPS) is 12.0. The van der Waals surface area contributed by atoms with Gasteiger partial charge in [0.05, 0.1) is 5.60 Å². The van der Waals surface area contributed by atoms with Crippen LogP contribution in [0.25, 0.3) is 0 Å². The van der Waals surface area contributed by atoms with E-state index in [0.29, 0.717) is 12.8 Å². The Kier molecular flexibility index (Phi) is 3.77. The van der Waals surface area contributed by atoms with Gasteiger partial charge in [-0.15, -0.1) is 0 Å². The molecule has 0 aliphatic rings. The van der Waals surface area contributed by atoms with Crippen LogP contribution in [0.3, 0.4) is 0 Å². The Bertz CT molecular complexity index is 71.5. The molecule has 9 heavy (non-hydrogen) atoms. The van der Waals surface area contributed by atoms with E-state index in [-0.39, 0.29) is 6.54 Å². The van der Waals surface area contributed by atoms with E-state index in [2.05, 4.69) is 0 Å². The van der Waals surface area contributed by atoms with Crippen molar-refractivity contribution in [3.05, 3.63) is 0 Å². The second-order valence-electron chi connectivity index (χ2n) is 2.27. The van der Waals surface area contributed by atoms with Crippen LogP contribution in [0.15, 0.2) is 0 Å². The summed E-state index contributed by atoms with van der Waals surface area (Å²) in [7, 11) is 0. The fraction of sp³-hybridized carbons (Fsp3) is 1.00. The highest BCUT2D eigenvalue weighted by molar-refractivity contribution is 4.75. The third-order valence-electron chi connectivity index (χ3n) is 1.72. The average Bonchev–Trinajstić information content (AvgIpc) is 1.89. The van der Waals surface area contributed by atoms with Crippen molar-refractivity contribution < 1.29 is 10.3 Å². The molecule has 0 aliphatic carbocycles. The van der Waals surface area contributed by atoms with Crippen LogP contribution in [0, 0.1) is 0 Å². The Hall–Kier alpha value is -0.120. The summed E-state index contributed by atoms with van der Waals surface area (Å²) in [6, 6.07) is 0. The van der Waals surface area contributed by atoms with Gasteiger partial charge in [0, 0.05) is 6.54 Å². The van der Waals surface area contributed by atoms with Crippen LogP contribution in [0.4, 0.5) is 0 Å². The van der Waals surface area contributed by atoms with Gasteiger partial charge in [0.25, 0.3) is 0 Å². The summed E-state index contributed by atoms with van der Waals surface area (Å²) < 4.78 is 0. The fourth-order valence-electron chi connectivity index (χ4n) is 0.647. The molecule has 0 saturated carbocycles. The second-order valence-corrected chi connectivity index (χ2v) is 2.27. The number of hydrogen-bond acceptors (Lipinski definition) is 3. The van der Waals surface area contributed by atoms with Gasteiger partial charge in [0.1, 0.15) is 0 Å². The molecule has 0 aromatic rings. The maximum absolute atomic E-state index is 9.41. The first kappa shape index (κ1) is 8.88. The van der Waals surface area contributed by atoms with Gasteiger partial charge in [-0.1, -0.05) is 13.8 Å². The molecule has 0 fully saturated rings. The molecule has 3 N–H and O–H groups in total. The minimum absolute atomic E-state index is 0.250. The lowest BCUT2D eigenvalue weighted by molar-refractivity contribution is -0.00306. The summed E-state index contributed by atoms with van der Waals surface area (Å²) in [5.41, 5.74) is 1.23. The highest BCUT2D eigenvalue weighted by Crippen LogP contribution is 2.11. The summed E-state index contributed by atoms with van der Waals surface area (Å²) >= 11 is 0. The van der Waals surface area contributed by atoms with Crippen LogP contribution in [0.1, 0.15) is 26.7 Å². The highest BCUT2D eigenvalue weighted by atomic mass is 16.5. The van der Waals surface area contributed by atoms with Gasteiger partial charge < -0.3 is 10.3 Å². The predicted molar refractivity (Wildman–Crippen MR) is 35.3 cm³/mol. The third-order valence-corrected chi connectivity index (χ3v) is 1.72. The largest absolute Gasteiger partial charge is 0.388 e. The molecule has 0 bridgehead atoms. The van der Waals surface area contributed by atoms with Gasteiger partial charge >= 0.3 is 0 Å². The number of aliphatic hydroxyl groups is 1. The van der Waals surface area contributed by atoms with Gasteiger partial charge in [-0.25, -0.2) is 5.48 Å². The lowest BCUT2D eigenvalue weighted by Gasteiger charge is -2.23. The van der Waals surface area contributed by atoms with E-state index in [9.17, 15) is 5.11 Å². The van der Waals surface area contributed by atoms with Crippen LogP contribution in [-0.4, -0.2) is 22.5 Å². The predicted octanol–water partition coefficient (Wildman–Crippen LogP) is 0.516. The maximum atomic E-state index is 9.41. The van der Waals surface area contributed by atoms with E-state index in [1.807, 2.05) is 19.3 Å². The van der Waals surface area contributed by atoms with E-state index in [0.717, 1.165) is 0 Å². The number of hydrogen-bond donors (Lipinski definition) is 3. The summed E-state index contributed by atoms with van der Waals surface area (Å²) in [4.78, 5) is 0. The molecule has 0 unspecified atom stereocenters. The van der Waals surface area contributed by atoms with Gasteiger partial charge in [0.15, 0.2) is 0 Å². The minimum Gasteiger partial charge on any atom is -0.388 e. The molecular weight excluding hydrogens is 118 g/mol. The molecule has 0 atom stereocenters. The second kappa shape index (κ2) is 3.82. The molecule has 56 valence electrons. The summed E-state index contributed by atoms with van der Waals surface area (Å²) in [6.45, 7) is 4.03. The van der Waals surface area contributed by atoms with Crippen LogP contribution < -0.4 is 5.48 Å². The summed E-state index contributed by atoms with van der Waals surface area (Å²) in [6.07, 6.45) is 1.33. The van der Waals surface area contributed by atoms with Gasteiger partial charge in [-0.2, -0.15) is 0 Å². The molecule has 0 aromatic heterocycles. The first-order valence-electron chi connectivity index (χ1n) is 3.28. The van der Waals surface area contributed by atoms with Crippen molar-refractivity contribution in [2.45, 2.75) is 32.3 Å². The third kappa shape index (κ3) is 2.79. The van der Waals surface area contributed by atoms with E-state index in [1.165, 1.54) is 0 Å². The van der Waals surface area contributed by atoms with Crippen molar-refractivity contribution in [1.82, 2.24) is 5.48 Å². The Morgan fingerprint density at radius 1 is 1.33 bits per heavy atom. The number of hydroxylamine groups is 1. The standard InChI is InChI=1S/C6H15NO2/c1-3-6(8,4-2)5-7-9/h7-9H,3-5H2,1-2H3. The zero-order chi connectivity index (χ0) is 7.33. The molecule has 0 saturated heterocycles. The molecule has 0 radical (unpaired) electrons. The monoisotopic (exact) mass is 133 g/mol. The topological polar surface area (TPSA) is 52.5 Å². The lowest BCUT2D eigenvalue weighted by atomic mass is 9.98. The van der Waals surface area contributed by atoms with Crippen molar-refractivity contribution >= 4 is 0 Å². The zero-order valence-electron chi connectivity index (χ0n) is 6.02. The quantitative estimate of drug-likeness (QED) is 0.490. The minimum atomic E-state index is -0.727. The Morgan fingerprint density at radius 3 is 1.89 bits per heavy atom. The molecule has 0 amide bonds. The Labute approximate surface area is 55.7 Å². The molecule has 0 aromatic carbocycles. The van der Waals surface area contributed by atoms with Crippen LogP contribution in [-0.2, 0) is 0 Å². The van der Waals surface area contributed by atoms with Gasteiger partial charge in [-0.05, 0) is 12.8 Å². The fourth-order valence-corrected chi connectivity index (χ4v) is 0.647. The Balaban J connectivity index is 3.62. The molecule has 0 spiro atoms. The maximum Gasteiger partial charge on any atom is 0.0789 e. The molecule has 3 heteroatoms. The lowest BCUT2D eigenvalue weighted by Crippen LogP contribution is -2.38. The SMILES string of the molecule is CCC(O)(CC)CNO. The average molecular weight is 133 g/mol. The van der Waals surface area contributed by atoms with Crippen molar-refractivity contribution in [2.75, 3.05) is 6.54 Å². The van der Waals surface area contributed by atoms with E-state index in [4.69, 9.17) is 5.21 Å². The van der Waals surface area contributed by atoms with Gasteiger partial charge in [-0.3, -0.25) is 0 Å². The first-order chi connectivity index (χ1) is 4.18. The number of rotatable bonds is 4. The van der Waals surface area contributed by atoms with E-state index >= 15 is 0 Å². The zero-order valence-corrected chi connectivity index (χ0v) is 6.02. The molecule has 0 rings (SSSR count). The van der Waals surface area contributed by atoms with Crippen molar-refractivity contribution in [1.29, 1.82) is 0 Å². The van der Waals surface area contributed by atoms with Crippen LogP contribution in [0.5, 0.6) is 0 Å². The first-order valence-corrected chi connectivity index (χ1v) is 3.28. The molecule has 0 heterocycles. The van der Waals surface area contributed by atoms with Crippen molar-refractivity contribution in [3.8, 4) is 0 Å². The Morgan fingerprint density at radius 2 is 1.78 bits per heavy atom. The van der Waals surface area contributed by atoms with E-state index in [1.54, 1.807) is 0 Å². The van der Waals surface area contributed by atoms with Crippen LogP contribution in [0.2, 0.25) is 0 Å². The van der Waals surface area contributed by atoms with Gasteiger partial charge in [0.2, 0.25) is 0 Å². The van der Waals surface area contributed by atoms with Crippen LogP contribution >= 0.6 is 0 Å². The summed E-state index contributed by atoms with van der Waals surface area (Å²) in [5.74, 6) is 0. The van der Waals surface area contributed by atoms with Crippen molar-refractivity contribution in [3.63, 3.8) is 0 Å².